The van der Waals surface area contributed by atoms with Gasteiger partial charge in [0.1, 0.15) is 0 Å². The molecule has 1 amide bonds. The average molecular weight is 273 g/mol. The average Bonchev–Trinajstić information content (AvgIpc) is 2.27. The zero-order valence-electron chi connectivity index (χ0n) is 9.54. The molecule has 92 valence electrons. The SMILES string of the molecule is C[C@@H](N)C(=O)N1CCc2cc(Cl)cc(Cl)c2C1. The highest BCUT2D eigenvalue weighted by molar-refractivity contribution is 6.35. The highest BCUT2D eigenvalue weighted by Gasteiger charge is 2.24. The summed E-state index contributed by atoms with van der Waals surface area (Å²) in [6, 6.07) is 3.15. The van der Waals surface area contributed by atoms with E-state index < -0.39 is 6.04 Å². The lowest BCUT2D eigenvalue weighted by molar-refractivity contribution is -0.133. The molecule has 5 heteroatoms. The van der Waals surface area contributed by atoms with E-state index in [0.717, 1.165) is 17.5 Å². The van der Waals surface area contributed by atoms with E-state index in [1.165, 1.54) is 0 Å². The quantitative estimate of drug-likeness (QED) is 0.852. The molecule has 0 saturated carbocycles. The van der Waals surface area contributed by atoms with Gasteiger partial charge in [0.25, 0.3) is 0 Å². The second-order valence-corrected chi connectivity index (χ2v) is 5.17. The van der Waals surface area contributed by atoms with E-state index in [-0.39, 0.29) is 5.91 Å². The van der Waals surface area contributed by atoms with Crippen LogP contribution in [0.5, 0.6) is 0 Å². The predicted octanol–water partition coefficient (Wildman–Crippen LogP) is 2.23. The van der Waals surface area contributed by atoms with Gasteiger partial charge in [-0.15, -0.1) is 0 Å². The van der Waals surface area contributed by atoms with Crippen LogP contribution in [0.4, 0.5) is 0 Å². The number of benzene rings is 1. The minimum atomic E-state index is -0.470. The first-order valence-electron chi connectivity index (χ1n) is 5.50. The molecule has 3 nitrogen and oxygen atoms in total. The Morgan fingerprint density at radius 2 is 2.18 bits per heavy atom. The molecule has 0 fully saturated rings. The standard InChI is InChI=1S/C12H14Cl2N2O/c1-7(15)12(17)16-3-2-8-4-9(13)5-11(14)10(8)6-16/h4-5,7H,2-3,6,15H2,1H3/t7-/m1/s1. The number of amides is 1. The fraction of sp³-hybridized carbons (Fsp3) is 0.417. The van der Waals surface area contributed by atoms with Crippen LogP contribution in [0.25, 0.3) is 0 Å². The Balaban J connectivity index is 2.27. The van der Waals surface area contributed by atoms with Gasteiger partial charge in [0.05, 0.1) is 6.04 Å². The van der Waals surface area contributed by atoms with Gasteiger partial charge in [0.2, 0.25) is 5.91 Å². The van der Waals surface area contributed by atoms with Crippen LogP contribution in [0, 0.1) is 0 Å². The largest absolute Gasteiger partial charge is 0.337 e. The van der Waals surface area contributed by atoms with Gasteiger partial charge in [0, 0.05) is 23.1 Å². The number of hydrogen-bond acceptors (Lipinski definition) is 2. The lowest BCUT2D eigenvalue weighted by Gasteiger charge is -2.30. The summed E-state index contributed by atoms with van der Waals surface area (Å²) >= 11 is 12.1. The van der Waals surface area contributed by atoms with Crippen LogP contribution in [0.2, 0.25) is 10.0 Å². The third kappa shape index (κ3) is 2.57. The molecule has 1 atom stereocenters. The molecule has 0 saturated heterocycles. The normalized spacial score (nSPS) is 16.6. The monoisotopic (exact) mass is 272 g/mol. The summed E-state index contributed by atoms with van der Waals surface area (Å²) in [6.45, 7) is 2.89. The van der Waals surface area contributed by atoms with E-state index in [1.807, 2.05) is 6.07 Å². The molecule has 0 spiro atoms. The van der Waals surface area contributed by atoms with E-state index in [0.29, 0.717) is 23.1 Å². The Bertz CT molecular complexity index is 460. The van der Waals surface area contributed by atoms with Crippen LogP contribution in [0.3, 0.4) is 0 Å². The van der Waals surface area contributed by atoms with Gasteiger partial charge in [0.15, 0.2) is 0 Å². The molecule has 1 aromatic carbocycles. The van der Waals surface area contributed by atoms with Crippen molar-refractivity contribution in [2.45, 2.75) is 25.9 Å². The van der Waals surface area contributed by atoms with Crippen molar-refractivity contribution in [2.24, 2.45) is 5.73 Å². The predicted molar refractivity (Wildman–Crippen MR) is 69.2 cm³/mol. The van der Waals surface area contributed by atoms with Gasteiger partial charge in [-0.2, -0.15) is 0 Å². The van der Waals surface area contributed by atoms with Crippen LogP contribution in [0.1, 0.15) is 18.1 Å². The van der Waals surface area contributed by atoms with E-state index in [2.05, 4.69) is 0 Å². The minimum Gasteiger partial charge on any atom is -0.337 e. The number of carbonyl (C=O) groups is 1. The van der Waals surface area contributed by atoms with Crippen LogP contribution in [-0.4, -0.2) is 23.4 Å². The number of nitrogens with two attached hydrogens (primary N) is 1. The first-order valence-corrected chi connectivity index (χ1v) is 6.26. The third-order valence-corrected chi connectivity index (χ3v) is 3.51. The van der Waals surface area contributed by atoms with E-state index in [4.69, 9.17) is 28.9 Å². The number of carbonyl (C=O) groups excluding carboxylic acids is 1. The van der Waals surface area contributed by atoms with Gasteiger partial charge in [-0.1, -0.05) is 23.2 Å². The molecule has 2 rings (SSSR count). The van der Waals surface area contributed by atoms with E-state index >= 15 is 0 Å². The molecule has 0 bridgehead atoms. The van der Waals surface area contributed by atoms with Crippen molar-refractivity contribution in [3.63, 3.8) is 0 Å². The maximum Gasteiger partial charge on any atom is 0.239 e. The van der Waals surface area contributed by atoms with Gasteiger partial charge >= 0.3 is 0 Å². The maximum absolute atomic E-state index is 11.8. The summed E-state index contributed by atoms with van der Waals surface area (Å²) in [6.07, 6.45) is 0.772. The van der Waals surface area contributed by atoms with Crippen molar-refractivity contribution in [3.8, 4) is 0 Å². The highest BCUT2D eigenvalue weighted by Crippen LogP contribution is 2.30. The summed E-state index contributed by atoms with van der Waals surface area (Å²) < 4.78 is 0. The zero-order valence-corrected chi connectivity index (χ0v) is 11.1. The molecule has 0 aromatic heterocycles. The van der Waals surface area contributed by atoms with Crippen LogP contribution < -0.4 is 5.73 Å². The third-order valence-electron chi connectivity index (χ3n) is 2.95. The van der Waals surface area contributed by atoms with Crippen molar-refractivity contribution in [1.82, 2.24) is 4.90 Å². The van der Waals surface area contributed by atoms with Crippen molar-refractivity contribution in [1.29, 1.82) is 0 Å². The second kappa shape index (κ2) is 4.84. The Morgan fingerprint density at radius 3 is 2.82 bits per heavy atom. The first-order chi connectivity index (χ1) is 7.99. The van der Waals surface area contributed by atoms with Gasteiger partial charge in [-0.25, -0.2) is 0 Å². The number of fused-ring (bicyclic) bond motifs is 1. The summed E-state index contributed by atoms with van der Waals surface area (Å²) in [5.74, 6) is -0.0401. The molecular weight excluding hydrogens is 259 g/mol. The van der Waals surface area contributed by atoms with E-state index in [1.54, 1.807) is 17.9 Å². The molecule has 0 unspecified atom stereocenters. The molecule has 0 radical (unpaired) electrons. The van der Waals surface area contributed by atoms with E-state index in [9.17, 15) is 4.79 Å². The summed E-state index contributed by atoms with van der Waals surface area (Å²) in [7, 11) is 0. The smallest absolute Gasteiger partial charge is 0.239 e. The summed E-state index contributed by atoms with van der Waals surface area (Å²) in [5.41, 5.74) is 7.71. The van der Waals surface area contributed by atoms with Gasteiger partial charge < -0.3 is 10.6 Å². The summed E-state index contributed by atoms with van der Waals surface area (Å²) in [5, 5.41) is 1.26. The van der Waals surface area contributed by atoms with Crippen LogP contribution >= 0.6 is 23.2 Å². The first kappa shape index (κ1) is 12.7. The number of rotatable bonds is 1. The summed E-state index contributed by atoms with van der Waals surface area (Å²) in [4.78, 5) is 13.6. The fourth-order valence-electron chi connectivity index (χ4n) is 2.06. The van der Waals surface area contributed by atoms with Crippen molar-refractivity contribution < 1.29 is 4.79 Å². The Labute approximate surface area is 110 Å². The minimum absolute atomic E-state index is 0.0401. The maximum atomic E-state index is 11.8. The van der Waals surface area contributed by atoms with Gasteiger partial charge in [-0.3, -0.25) is 4.79 Å². The van der Waals surface area contributed by atoms with Crippen LogP contribution in [0.15, 0.2) is 12.1 Å². The zero-order chi connectivity index (χ0) is 12.6. The number of hydrogen-bond donors (Lipinski definition) is 1. The number of nitrogens with zero attached hydrogens (tertiary/aromatic N) is 1. The van der Waals surface area contributed by atoms with Crippen LogP contribution in [-0.2, 0) is 17.8 Å². The second-order valence-electron chi connectivity index (χ2n) is 4.32. The van der Waals surface area contributed by atoms with Crippen molar-refractivity contribution in [3.05, 3.63) is 33.3 Å². The fourth-order valence-corrected chi connectivity index (χ4v) is 2.65. The van der Waals surface area contributed by atoms with Gasteiger partial charge in [-0.05, 0) is 36.6 Å². The molecule has 1 heterocycles. The topological polar surface area (TPSA) is 46.3 Å². The number of halogens is 2. The highest BCUT2D eigenvalue weighted by atomic mass is 35.5. The Morgan fingerprint density at radius 1 is 1.47 bits per heavy atom. The van der Waals surface area contributed by atoms with Crippen molar-refractivity contribution in [2.75, 3.05) is 6.54 Å². The molecule has 1 aliphatic heterocycles. The molecule has 2 N–H and O–H groups in total. The van der Waals surface area contributed by atoms with Crippen molar-refractivity contribution >= 4 is 29.1 Å². The molecule has 1 aromatic rings. The molecular formula is C12H14Cl2N2O. The lowest BCUT2D eigenvalue weighted by atomic mass is 9.99. The molecule has 1 aliphatic rings. The Hall–Kier alpha value is -0.770. The Kier molecular flexibility index (Phi) is 3.61. The molecule has 17 heavy (non-hydrogen) atoms. The molecule has 0 aliphatic carbocycles. The lowest BCUT2D eigenvalue weighted by Crippen LogP contribution is -2.44.